The Morgan fingerprint density at radius 2 is 1.77 bits per heavy atom. The second-order valence-corrected chi connectivity index (χ2v) is 4.43. The van der Waals surface area contributed by atoms with Crippen LogP contribution in [0, 0.1) is 10.1 Å². The first-order valence-corrected chi connectivity index (χ1v) is 6.44. The van der Waals surface area contributed by atoms with Gasteiger partial charge in [-0.3, -0.25) is 15.5 Å². The van der Waals surface area contributed by atoms with Gasteiger partial charge in [-0.25, -0.2) is 0 Å². The summed E-state index contributed by atoms with van der Waals surface area (Å²) >= 11 is 0. The topological polar surface area (TPSA) is 100 Å². The maximum Gasteiger partial charge on any atom is 0.269 e. The van der Waals surface area contributed by atoms with Gasteiger partial charge >= 0.3 is 0 Å². The fraction of sp³-hybridized carbons (Fsp3) is 0.0667. The lowest BCUT2D eigenvalue weighted by Gasteiger charge is -2.05. The molecule has 2 rings (SSSR count). The van der Waals surface area contributed by atoms with Crippen molar-refractivity contribution in [3.05, 3.63) is 70.3 Å². The summed E-state index contributed by atoms with van der Waals surface area (Å²) in [5.74, 6) is 0. The highest BCUT2D eigenvalue weighted by atomic mass is 16.6. The number of hydrogen-bond donors (Lipinski definition) is 2. The SMILES string of the molecule is CC(=N\Nc1ccccc1)/C(=N\O)c1ccc([N+](=O)[O-])cc1. The predicted octanol–water partition coefficient (Wildman–Crippen LogP) is 3.26. The lowest BCUT2D eigenvalue weighted by atomic mass is 10.1. The molecule has 0 aliphatic rings. The van der Waals surface area contributed by atoms with E-state index in [-0.39, 0.29) is 11.4 Å². The molecule has 0 bridgehead atoms. The number of benzene rings is 2. The highest BCUT2D eigenvalue weighted by Crippen LogP contribution is 2.13. The molecule has 0 aliphatic carbocycles. The van der Waals surface area contributed by atoms with E-state index in [1.54, 1.807) is 6.92 Å². The summed E-state index contributed by atoms with van der Waals surface area (Å²) in [7, 11) is 0. The van der Waals surface area contributed by atoms with E-state index in [1.165, 1.54) is 24.3 Å². The van der Waals surface area contributed by atoms with Crippen LogP contribution in [-0.4, -0.2) is 21.6 Å². The van der Waals surface area contributed by atoms with E-state index < -0.39 is 4.92 Å². The summed E-state index contributed by atoms with van der Waals surface area (Å²) in [6.45, 7) is 1.67. The number of para-hydroxylation sites is 1. The summed E-state index contributed by atoms with van der Waals surface area (Å²) in [6, 6.07) is 15.0. The molecular weight excluding hydrogens is 284 g/mol. The number of hydrazone groups is 1. The minimum atomic E-state index is -0.489. The summed E-state index contributed by atoms with van der Waals surface area (Å²) in [5, 5.41) is 27.2. The number of oxime groups is 1. The van der Waals surface area contributed by atoms with Gasteiger partial charge in [0.15, 0.2) is 0 Å². The van der Waals surface area contributed by atoms with Gasteiger partial charge < -0.3 is 5.21 Å². The monoisotopic (exact) mass is 298 g/mol. The summed E-state index contributed by atoms with van der Waals surface area (Å²) in [4.78, 5) is 10.1. The van der Waals surface area contributed by atoms with E-state index in [0.717, 1.165) is 5.69 Å². The zero-order chi connectivity index (χ0) is 15.9. The van der Waals surface area contributed by atoms with E-state index in [0.29, 0.717) is 11.3 Å². The normalized spacial score (nSPS) is 12.0. The molecule has 7 nitrogen and oxygen atoms in total. The number of hydrogen-bond acceptors (Lipinski definition) is 6. The second kappa shape index (κ2) is 6.98. The minimum Gasteiger partial charge on any atom is -0.410 e. The van der Waals surface area contributed by atoms with Crippen molar-refractivity contribution in [2.24, 2.45) is 10.3 Å². The number of nitrogens with one attached hydrogen (secondary N) is 1. The zero-order valence-electron chi connectivity index (χ0n) is 11.8. The Hall–Kier alpha value is -3.22. The molecule has 0 saturated carbocycles. The van der Waals surface area contributed by atoms with Gasteiger partial charge in [0, 0.05) is 17.7 Å². The summed E-state index contributed by atoms with van der Waals surface area (Å²) in [6.07, 6.45) is 0. The molecule has 7 heteroatoms. The summed E-state index contributed by atoms with van der Waals surface area (Å²) < 4.78 is 0. The molecule has 22 heavy (non-hydrogen) atoms. The van der Waals surface area contributed by atoms with Gasteiger partial charge in [-0.2, -0.15) is 5.10 Å². The first kappa shape index (κ1) is 15.2. The van der Waals surface area contributed by atoms with Gasteiger partial charge in [0.25, 0.3) is 5.69 Å². The van der Waals surface area contributed by atoms with Crippen molar-refractivity contribution in [2.45, 2.75) is 6.92 Å². The van der Waals surface area contributed by atoms with Crippen LogP contribution < -0.4 is 5.43 Å². The van der Waals surface area contributed by atoms with Crippen LogP contribution in [0.4, 0.5) is 11.4 Å². The maximum atomic E-state index is 10.6. The molecule has 2 aromatic rings. The van der Waals surface area contributed by atoms with Crippen molar-refractivity contribution in [2.75, 3.05) is 5.43 Å². The van der Waals surface area contributed by atoms with Crippen LogP contribution >= 0.6 is 0 Å². The third-order valence-electron chi connectivity index (χ3n) is 2.92. The lowest BCUT2D eigenvalue weighted by Crippen LogP contribution is -2.14. The maximum absolute atomic E-state index is 10.6. The van der Waals surface area contributed by atoms with Crippen molar-refractivity contribution in [1.82, 2.24) is 0 Å². The number of nitro benzene ring substituents is 1. The zero-order valence-corrected chi connectivity index (χ0v) is 11.8. The van der Waals surface area contributed by atoms with Gasteiger partial charge in [-0.05, 0) is 31.2 Å². The molecule has 0 amide bonds. The molecule has 0 atom stereocenters. The fourth-order valence-corrected chi connectivity index (χ4v) is 1.79. The number of rotatable bonds is 5. The molecule has 0 spiro atoms. The molecule has 0 saturated heterocycles. The van der Waals surface area contributed by atoms with Gasteiger partial charge in [-0.15, -0.1) is 0 Å². The Bertz CT molecular complexity index is 709. The average molecular weight is 298 g/mol. The van der Waals surface area contributed by atoms with E-state index in [1.807, 2.05) is 30.3 Å². The van der Waals surface area contributed by atoms with Crippen LogP contribution in [0.5, 0.6) is 0 Å². The fourth-order valence-electron chi connectivity index (χ4n) is 1.79. The molecule has 0 aromatic heterocycles. The van der Waals surface area contributed by atoms with E-state index >= 15 is 0 Å². The van der Waals surface area contributed by atoms with E-state index in [4.69, 9.17) is 0 Å². The van der Waals surface area contributed by atoms with E-state index in [2.05, 4.69) is 15.7 Å². The van der Waals surface area contributed by atoms with Gasteiger partial charge in [0.1, 0.15) is 5.71 Å². The van der Waals surface area contributed by atoms with E-state index in [9.17, 15) is 15.3 Å². The van der Waals surface area contributed by atoms with Crippen LogP contribution in [0.1, 0.15) is 12.5 Å². The first-order valence-electron chi connectivity index (χ1n) is 6.44. The Morgan fingerprint density at radius 3 is 2.32 bits per heavy atom. The standard InChI is InChI=1S/C15H14N4O3/c1-11(16-17-13-5-3-2-4-6-13)15(18-20)12-7-9-14(10-8-12)19(21)22/h2-10,17,20H,1H3/b16-11+,18-15+. The predicted molar refractivity (Wildman–Crippen MR) is 84.6 cm³/mol. The van der Waals surface area contributed by atoms with Crippen LogP contribution in [0.3, 0.4) is 0 Å². The highest BCUT2D eigenvalue weighted by Gasteiger charge is 2.11. The molecule has 112 valence electrons. The van der Waals surface area contributed by atoms with Crippen molar-refractivity contribution in [1.29, 1.82) is 0 Å². The van der Waals surface area contributed by atoms with Crippen molar-refractivity contribution >= 4 is 22.8 Å². The molecule has 2 N–H and O–H groups in total. The molecule has 0 unspecified atom stereocenters. The molecule has 0 fully saturated rings. The smallest absolute Gasteiger partial charge is 0.269 e. The Morgan fingerprint density at radius 1 is 1.14 bits per heavy atom. The average Bonchev–Trinajstić information content (AvgIpc) is 2.55. The Kier molecular flexibility index (Phi) is 4.81. The Labute approximate surface area is 126 Å². The van der Waals surface area contributed by atoms with Gasteiger partial charge in [0.2, 0.25) is 0 Å². The minimum absolute atomic E-state index is 0.0296. The molecule has 0 aliphatic heterocycles. The lowest BCUT2D eigenvalue weighted by molar-refractivity contribution is -0.384. The third kappa shape index (κ3) is 3.66. The quantitative estimate of drug-likeness (QED) is 0.383. The van der Waals surface area contributed by atoms with Gasteiger partial charge in [0.05, 0.1) is 16.3 Å². The molecular formula is C15H14N4O3. The number of nitrogens with zero attached hydrogens (tertiary/aromatic N) is 3. The second-order valence-electron chi connectivity index (χ2n) is 4.43. The summed E-state index contributed by atoms with van der Waals surface area (Å²) in [5.41, 5.74) is 4.82. The van der Waals surface area contributed by atoms with Gasteiger partial charge in [-0.1, -0.05) is 23.4 Å². The van der Waals surface area contributed by atoms with Crippen molar-refractivity contribution < 1.29 is 10.1 Å². The Balaban J connectivity index is 2.18. The third-order valence-corrected chi connectivity index (χ3v) is 2.92. The number of anilines is 1. The molecule has 0 heterocycles. The number of non-ortho nitro benzene ring substituents is 1. The van der Waals surface area contributed by atoms with Crippen molar-refractivity contribution in [3.63, 3.8) is 0 Å². The van der Waals surface area contributed by atoms with Crippen LogP contribution in [-0.2, 0) is 0 Å². The number of nitro groups is 1. The van der Waals surface area contributed by atoms with Crippen LogP contribution in [0.2, 0.25) is 0 Å². The van der Waals surface area contributed by atoms with Crippen LogP contribution in [0.15, 0.2) is 64.9 Å². The molecule has 2 aromatic carbocycles. The highest BCUT2D eigenvalue weighted by molar-refractivity contribution is 6.47. The largest absolute Gasteiger partial charge is 0.410 e. The van der Waals surface area contributed by atoms with Crippen molar-refractivity contribution in [3.8, 4) is 0 Å². The van der Waals surface area contributed by atoms with Crippen LogP contribution in [0.25, 0.3) is 0 Å². The molecule has 0 radical (unpaired) electrons. The first-order chi connectivity index (χ1) is 10.6.